The number of nitrogens with one attached hydrogen (secondary N) is 2. The van der Waals surface area contributed by atoms with Crippen LogP contribution in [0.2, 0.25) is 0 Å². The second kappa shape index (κ2) is 6.03. The quantitative estimate of drug-likeness (QED) is 0.585. The van der Waals surface area contributed by atoms with Crippen LogP contribution in [0.1, 0.15) is 26.7 Å². The molecule has 17 heavy (non-hydrogen) atoms. The highest BCUT2D eigenvalue weighted by atomic mass is 32.2. The molecule has 0 radical (unpaired) electrons. The number of hydrogen-bond donors (Lipinski definition) is 2. The van der Waals surface area contributed by atoms with Gasteiger partial charge in [0.1, 0.15) is 0 Å². The molecule has 0 fully saturated rings. The number of rotatable bonds is 6. The van der Waals surface area contributed by atoms with Crippen molar-refractivity contribution in [3.63, 3.8) is 0 Å². The smallest absolute Gasteiger partial charge is 0.269 e. The molecule has 0 aromatic carbocycles. The Morgan fingerprint density at radius 3 is 2.71 bits per heavy atom. The van der Waals surface area contributed by atoms with Gasteiger partial charge in [-0.15, -0.1) is 10.2 Å². The summed E-state index contributed by atoms with van der Waals surface area (Å²) < 4.78 is 25.6. The summed E-state index contributed by atoms with van der Waals surface area (Å²) in [6.45, 7) is 3.65. The number of nitrogens with zero attached hydrogens (tertiary/aromatic N) is 2. The third kappa shape index (κ3) is 4.36. The van der Waals surface area contributed by atoms with Crippen molar-refractivity contribution in [2.45, 2.75) is 31.0 Å². The lowest BCUT2D eigenvalue weighted by Gasteiger charge is -2.00. The van der Waals surface area contributed by atoms with Crippen molar-refractivity contribution in [2.24, 2.45) is 0 Å². The molecule has 0 unspecified atom stereocenters. The second-order valence-corrected chi connectivity index (χ2v) is 6.22. The Kier molecular flexibility index (Phi) is 4.97. The number of carbonyl (C=O) groups is 1. The monoisotopic (exact) mass is 278 g/mol. The molecule has 1 aromatic rings. The highest BCUT2D eigenvalue weighted by molar-refractivity contribution is 7.91. The largest absolute Gasteiger partial charge is 0.301 e. The lowest BCUT2D eigenvalue weighted by atomic mass is 10.3. The first-order valence-corrected chi connectivity index (χ1v) is 7.36. The van der Waals surface area contributed by atoms with Crippen LogP contribution in [0.5, 0.6) is 0 Å². The molecular formula is C8H14N4O3S2. The minimum Gasteiger partial charge on any atom is -0.301 e. The molecule has 7 nitrogen and oxygen atoms in total. The van der Waals surface area contributed by atoms with Gasteiger partial charge >= 0.3 is 0 Å². The molecule has 1 heterocycles. The van der Waals surface area contributed by atoms with E-state index in [0.29, 0.717) is 6.54 Å². The third-order valence-corrected chi connectivity index (χ3v) is 4.41. The summed E-state index contributed by atoms with van der Waals surface area (Å²) in [4.78, 5) is 10.7. The van der Waals surface area contributed by atoms with Gasteiger partial charge in [-0.3, -0.25) is 4.79 Å². The molecule has 0 saturated carbocycles. The maximum Gasteiger partial charge on any atom is 0.269 e. The topological polar surface area (TPSA) is 101 Å². The predicted octanol–water partition coefficient (Wildman–Crippen LogP) is 0.575. The maximum absolute atomic E-state index is 11.7. The summed E-state index contributed by atoms with van der Waals surface area (Å²) in [5, 5.41) is 9.64. The Balaban J connectivity index is 2.71. The van der Waals surface area contributed by atoms with Gasteiger partial charge in [0.2, 0.25) is 15.4 Å². The molecule has 9 heteroatoms. The zero-order valence-corrected chi connectivity index (χ0v) is 11.2. The fourth-order valence-electron chi connectivity index (χ4n) is 0.965. The third-order valence-electron chi connectivity index (χ3n) is 1.74. The van der Waals surface area contributed by atoms with Crippen molar-refractivity contribution in [3.05, 3.63) is 0 Å². The van der Waals surface area contributed by atoms with E-state index in [-0.39, 0.29) is 15.4 Å². The number of hydrogen-bond acceptors (Lipinski definition) is 6. The van der Waals surface area contributed by atoms with Gasteiger partial charge in [0.25, 0.3) is 10.0 Å². The highest BCUT2D eigenvalue weighted by Crippen LogP contribution is 2.19. The summed E-state index contributed by atoms with van der Waals surface area (Å²) in [5.74, 6) is -0.316. The minimum absolute atomic E-state index is 0.141. The van der Waals surface area contributed by atoms with Gasteiger partial charge in [0.15, 0.2) is 0 Å². The van der Waals surface area contributed by atoms with Crippen molar-refractivity contribution in [3.8, 4) is 0 Å². The van der Waals surface area contributed by atoms with Crippen LogP contribution in [0.25, 0.3) is 0 Å². The van der Waals surface area contributed by atoms with E-state index < -0.39 is 10.0 Å². The van der Waals surface area contributed by atoms with Gasteiger partial charge in [-0.05, 0) is 6.42 Å². The Labute approximate surface area is 104 Å². The first-order valence-electron chi connectivity index (χ1n) is 5.06. The molecule has 0 aliphatic heterocycles. The minimum atomic E-state index is -3.60. The van der Waals surface area contributed by atoms with Crippen molar-refractivity contribution in [1.29, 1.82) is 0 Å². The van der Waals surface area contributed by atoms with Gasteiger partial charge in [-0.2, -0.15) is 0 Å². The number of anilines is 1. The van der Waals surface area contributed by atoms with E-state index in [0.717, 1.165) is 24.2 Å². The van der Waals surface area contributed by atoms with Crippen molar-refractivity contribution in [2.75, 3.05) is 11.9 Å². The number of sulfonamides is 1. The molecule has 96 valence electrons. The lowest BCUT2D eigenvalue weighted by molar-refractivity contribution is -0.114. The number of unbranched alkanes of at least 4 members (excludes halogenated alkanes) is 1. The van der Waals surface area contributed by atoms with Crippen LogP contribution in [0.15, 0.2) is 4.34 Å². The number of amides is 1. The molecular weight excluding hydrogens is 264 g/mol. The molecule has 0 saturated heterocycles. The van der Waals surface area contributed by atoms with Crippen molar-refractivity contribution < 1.29 is 13.2 Å². The maximum atomic E-state index is 11.7. The zero-order chi connectivity index (χ0) is 12.9. The van der Waals surface area contributed by atoms with Crippen LogP contribution >= 0.6 is 11.3 Å². The zero-order valence-electron chi connectivity index (χ0n) is 9.56. The van der Waals surface area contributed by atoms with Crippen LogP contribution in [-0.2, 0) is 14.8 Å². The molecule has 0 bridgehead atoms. The molecule has 0 atom stereocenters. The van der Waals surface area contributed by atoms with E-state index in [9.17, 15) is 13.2 Å². The van der Waals surface area contributed by atoms with Crippen LogP contribution in [0, 0.1) is 0 Å². The summed E-state index contributed by atoms with van der Waals surface area (Å²) in [5.41, 5.74) is 0. The Hall–Kier alpha value is -1.06. The van der Waals surface area contributed by atoms with E-state index in [2.05, 4.69) is 20.2 Å². The van der Waals surface area contributed by atoms with Crippen molar-refractivity contribution in [1.82, 2.24) is 14.9 Å². The van der Waals surface area contributed by atoms with E-state index in [1.165, 1.54) is 6.92 Å². The summed E-state index contributed by atoms with van der Waals surface area (Å²) in [6, 6.07) is 0. The Morgan fingerprint density at radius 2 is 2.12 bits per heavy atom. The van der Waals surface area contributed by atoms with Gasteiger partial charge in [0, 0.05) is 13.5 Å². The number of aromatic nitrogens is 2. The van der Waals surface area contributed by atoms with Crippen LogP contribution in [0.3, 0.4) is 0 Å². The molecule has 1 amide bonds. The van der Waals surface area contributed by atoms with Gasteiger partial charge in [-0.1, -0.05) is 24.7 Å². The normalized spacial score (nSPS) is 11.4. The van der Waals surface area contributed by atoms with Crippen LogP contribution < -0.4 is 10.0 Å². The predicted molar refractivity (Wildman–Crippen MR) is 64.3 cm³/mol. The molecule has 0 spiro atoms. The average Bonchev–Trinajstić information content (AvgIpc) is 2.66. The summed E-state index contributed by atoms with van der Waals surface area (Å²) >= 11 is 0.822. The molecule has 0 aliphatic rings. The van der Waals surface area contributed by atoms with Crippen LogP contribution in [-0.4, -0.2) is 31.1 Å². The molecule has 1 rings (SSSR count). The SMILES string of the molecule is CCCCNS(=O)(=O)c1nnc(NC(C)=O)s1. The van der Waals surface area contributed by atoms with Gasteiger partial charge in [-0.25, -0.2) is 13.1 Å². The molecule has 1 aromatic heterocycles. The highest BCUT2D eigenvalue weighted by Gasteiger charge is 2.19. The van der Waals surface area contributed by atoms with E-state index >= 15 is 0 Å². The molecule has 0 aliphatic carbocycles. The van der Waals surface area contributed by atoms with Gasteiger partial charge < -0.3 is 5.32 Å². The second-order valence-electron chi connectivity index (χ2n) is 3.31. The van der Waals surface area contributed by atoms with E-state index in [1.807, 2.05) is 6.92 Å². The summed E-state index contributed by atoms with van der Waals surface area (Å²) in [7, 11) is -3.60. The Bertz CT molecular complexity index is 483. The van der Waals surface area contributed by atoms with Gasteiger partial charge in [0.05, 0.1) is 0 Å². The summed E-state index contributed by atoms with van der Waals surface area (Å²) in [6.07, 6.45) is 1.66. The van der Waals surface area contributed by atoms with E-state index in [4.69, 9.17) is 0 Å². The first-order chi connectivity index (χ1) is 7.95. The van der Waals surface area contributed by atoms with E-state index in [1.54, 1.807) is 0 Å². The fraction of sp³-hybridized carbons (Fsp3) is 0.625. The average molecular weight is 278 g/mol. The van der Waals surface area contributed by atoms with Crippen LogP contribution in [0.4, 0.5) is 5.13 Å². The van der Waals surface area contributed by atoms with Crippen molar-refractivity contribution >= 4 is 32.4 Å². The first kappa shape index (κ1) is 14.0. The lowest BCUT2D eigenvalue weighted by Crippen LogP contribution is -2.24. The fourth-order valence-corrected chi connectivity index (χ4v) is 3.03. The number of carbonyl (C=O) groups excluding carboxylic acids is 1. The molecule has 2 N–H and O–H groups in total. The standard InChI is InChI=1S/C8H14N4O3S2/c1-3-4-5-9-17(14,15)8-12-11-7(16-8)10-6(2)13/h9H,3-5H2,1-2H3,(H,10,11,13). The Morgan fingerprint density at radius 1 is 1.41 bits per heavy atom.